The summed E-state index contributed by atoms with van der Waals surface area (Å²) in [7, 11) is 0. The predicted molar refractivity (Wildman–Crippen MR) is 99.0 cm³/mol. The molecule has 0 aliphatic carbocycles. The van der Waals surface area contributed by atoms with Gasteiger partial charge in [-0.2, -0.15) is 0 Å². The molecule has 3 aromatic rings. The Bertz CT molecular complexity index is 978. The van der Waals surface area contributed by atoms with E-state index in [1.807, 2.05) is 24.3 Å². The fraction of sp³-hybridized carbons (Fsp3) is 0.263. The first-order valence-electron chi connectivity index (χ1n) is 8.60. The van der Waals surface area contributed by atoms with Crippen LogP contribution in [0.25, 0.3) is 10.9 Å². The van der Waals surface area contributed by atoms with E-state index in [-0.39, 0.29) is 18.0 Å². The van der Waals surface area contributed by atoms with Crippen LogP contribution >= 0.6 is 0 Å². The number of hydrogen-bond acceptors (Lipinski definition) is 5. The van der Waals surface area contributed by atoms with Gasteiger partial charge >= 0.3 is 0 Å². The fourth-order valence-electron chi connectivity index (χ4n) is 3.19. The van der Waals surface area contributed by atoms with Crippen molar-refractivity contribution in [2.75, 3.05) is 31.1 Å². The lowest BCUT2D eigenvalue weighted by Crippen LogP contribution is -2.50. The number of benzene rings is 1. The lowest BCUT2D eigenvalue weighted by molar-refractivity contribution is -0.132. The fourth-order valence-corrected chi connectivity index (χ4v) is 3.19. The molecule has 26 heavy (non-hydrogen) atoms. The Kier molecular flexibility index (Phi) is 4.35. The van der Waals surface area contributed by atoms with Crippen LogP contribution in [0.15, 0.2) is 59.8 Å². The largest absolute Gasteiger partial charge is 0.353 e. The van der Waals surface area contributed by atoms with E-state index in [9.17, 15) is 9.59 Å². The molecule has 2 aromatic heterocycles. The summed E-state index contributed by atoms with van der Waals surface area (Å²) in [6.45, 7) is 2.71. The van der Waals surface area contributed by atoms with Crippen molar-refractivity contribution in [3.63, 3.8) is 0 Å². The third-order valence-electron chi connectivity index (χ3n) is 4.64. The summed E-state index contributed by atoms with van der Waals surface area (Å²) >= 11 is 0. The van der Waals surface area contributed by atoms with Gasteiger partial charge in [0.1, 0.15) is 12.4 Å². The number of para-hydroxylation sites is 1. The number of carbonyl (C=O) groups excluding carboxylic acids is 1. The molecule has 0 N–H and O–H groups in total. The summed E-state index contributed by atoms with van der Waals surface area (Å²) in [5, 5.41) is 0.530. The summed E-state index contributed by atoms with van der Waals surface area (Å²) in [6.07, 6.45) is 3.22. The zero-order chi connectivity index (χ0) is 17.9. The molecule has 132 valence electrons. The van der Waals surface area contributed by atoms with Gasteiger partial charge in [-0.3, -0.25) is 14.2 Å². The Morgan fingerprint density at radius 1 is 0.962 bits per heavy atom. The maximum atomic E-state index is 12.6. The van der Waals surface area contributed by atoms with Crippen molar-refractivity contribution < 1.29 is 4.79 Å². The van der Waals surface area contributed by atoms with E-state index >= 15 is 0 Å². The molecular formula is C19H19N5O2. The standard InChI is InChI=1S/C19H19N5O2/c25-18(13-24-14-21-16-6-2-1-5-15(16)19(24)26)23-11-9-22(10-12-23)17-7-3-4-8-20-17/h1-8,14H,9-13H2. The van der Waals surface area contributed by atoms with Crippen molar-refractivity contribution in [2.45, 2.75) is 6.54 Å². The van der Waals surface area contributed by atoms with Crippen LogP contribution < -0.4 is 10.5 Å². The van der Waals surface area contributed by atoms with E-state index < -0.39 is 0 Å². The highest BCUT2D eigenvalue weighted by Crippen LogP contribution is 2.13. The van der Waals surface area contributed by atoms with Crippen molar-refractivity contribution in [3.05, 3.63) is 65.3 Å². The second-order valence-electron chi connectivity index (χ2n) is 6.25. The van der Waals surface area contributed by atoms with Crippen molar-refractivity contribution in [1.29, 1.82) is 0 Å². The summed E-state index contributed by atoms with van der Waals surface area (Å²) in [4.78, 5) is 37.7. The highest BCUT2D eigenvalue weighted by atomic mass is 16.2. The molecule has 1 amide bonds. The van der Waals surface area contributed by atoms with Gasteiger partial charge in [0.15, 0.2) is 0 Å². The van der Waals surface area contributed by atoms with Crippen LogP contribution in [0.3, 0.4) is 0 Å². The van der Waals surface area contributed by atoms with Gasteiger partial charge in [0.2, 0.25) is 5.91 Å². The van der Waals surface area contributed by atoms with E-state index in [2.05, 4.69) is 14.9 Å². The number of rotatable bonds is 3. The van der Waals surface area contributed by atoms with Crippen LogP contribution in [0.4, 0.5) is 5.82 Å². The lowest BCUT2D eigenvalue weighted by atomic mass is 10.2. The van der Waals surface area contributed by atoms with Gasteiger partial charge in [-0.1, -0.05) is 18.2 Å². The van der Waals surface area contributed by atoms with Crippen molar-refractivity contribution in [3.8, 4) is 0 Å². The first-order valence-corrected chi connectivity index (χ1v) is 8.60. The second kappa shape index (κ2) is 6.95. The molecule has 0 spiro atoms. The molecule has 1 aliphatic heterocycles. The van der Waals surface area contributed by atoms with E-state index in [4.69, 9.17) is 0 Å². The number of amides is 1. The van der Waals surface area contributed by atoms with E-state index in [0.29, 0.717) is 24.0 Å². The molecule has 0 atom stereocenters. The number of nitrogens with zero attached hydrogens (tertiary/aromatic N) is 5. The van der Waals surface area contributed by atoms with Crippen LogP contribution in [0.5, 0.6) is 0 Å². The molecule has 7 heteroatoms. The summed E-state index contributed by atoms with van der Waals surface area (Å²) < 4.78 is 1.38. The Balaban J connectivity index is 1.43. The number of hydrogen-bond donors (Lipinski definition) is 0. The van der Waals surface area contributed by atoms with E-state index in [0.717, 1.165) is 18.9 Å². The summed E-state index contributed by atoms with van der Waals surface area (Å²) in [6, 6.07) is 13.0. The maximum absolute atomic E-state index is 12.6. The lowest BCUT2D eigenvalue weighted by Gasteiger charge is -2.35. The molecule has 1 fully saturated rings. The maximum Gasteiger partial charge on any atom is 0.261 e. The highest BCUT2D eigenvalue weighted by Gasteiger charge is 2.22. The number of carbonyl (C=O) groups is 1. The van der Waals surface area contributed by atoms with E-state index in [1.165, 1.54) is 10.9 Å². The van der Waals surface area contributed by atoms with Gasteiger partial charge in [-0.15, -0.1) is 0 Å². The summed E-state index contributed by atoms with van der Waals surface area (Å²) in [5.74, 6) is 0.861. The molecule has 7 nitrogen and oxygen atoms in total. The molecule has 1 saturated heterocycles. The van der Waals surface area contributed by atoms with Crippen LogP contribution in [0, 0.1) is 0 Å². The molecule has 0 saturated carbocycles. The minimum Gasteiger partial charge on any atom is -0.353 e. The molecule has 3 heterocycles. The third kappa shape index (κ3) is 3.15. The molecule has 1 aliphatic rings. The third-order valence-corrected chi connectivity index (χ3v) is 4.64. The zero-order valence-corrected chi connectivity index (χ0v) is 14.3. The number of pyridine rings is 1. The predicted octanol–water partition coefficient (Wildman–Crippen LogP) is 1.14. The van der Waals surface area contributed by atoms with Crippen molar-refractivity contribution in [2.24, 2.45) is 0 Å². The SMILES string of the molecule is O=C(Cn1cnc2ccccc2c1=O)N1CCN(c2ccccn2)CC1. The van der Waals surface area contributed by atoms with Gasteiger partial charge in [0.05, 0.1) is 17.2 Å². The molecule has 0 unspecified atom stereocenters. The Morgan fingerprint density at radius 3 is 2.50 bits per heavy atom. The van der Waals surface area contributed by atoms with Crippen LogP contribution in [0.2, 0.25) is 0 Å². The number of aromatic nitrogens is 3. The Labute approximate surface area is 150 Å². The first kappa shape index (κ1) is 16.3. The normalized spacial score (nSPS) is 14.6. The number of anilines is 1. The Morgan fingerprint density at radius 2 is 1.73 bits per heavy atom. The van der Waals surface area contributed by atoms with Gasteiger partial charge < -0.3 is 9.80 Å². The topological polar surface area (TPSA) is 71.3 Å². The average molecular weight is 349 g/mol. The zero-order valence-electron chi connectivity index (χ0n) is 14.3. The quantitative estimate of drug-likeness (QED) is 0.709. The molecule has 0 radical (unpaired) electrons. The molecule has 1 aromatic carbocycles. The number of fused-ring (bicyclic) bond motifs is 1. The van der Waals surface area contributed by atoms with Crippen LogP contribution in [-0.4, -0.2) is 51.5 Å². The Hall–Kier alpha value is -3.22. The van der Waals surface area contributed by atoms with Gasteiger partial charge in [-0.05, 0) is 24.3 Å². The van der Waals surface area contributed by atoms with Gasteiger partial charge in [0.25, 0.3) is 5.56 Å². The smallest absolute Gasteiger partial charge is 0.261 e. The minimum absolute atomic E-state index is 0.0141. The number of piperazine rings is 1. The highest BCUT2D eigenvalue weighted by molar-refractivity contribution is 5.79. The first-order chi connectivity index (χ1) is 12.7. The summed E-state index contributed by atoms with van der Waals surface area (Å²) in [5.41, 5.74) is 0.459. The molecule has 0 bridgehead atoms. The second-order valence-corrected chi connectivity index (χ2v) is 6.25. The van der Waals surface area contributed by atoms with Gasteiger partial charge in [0, 0.05) is 32.4 Å². The minimum atomic E-state index is -0.184. The van der Waals surface area contributed by atoms with E-state index in [1.54, 1.807) is 29.3 Å². The van der Waals surface area contributed by atoms with Crippen LogP contribution in [-0.2, 0) is 11.3 Å². The average Bonchev–Trinajstić information content (AvgIpc) is 2.71. The monoisotopic (exact) mass is 349 g/mol. The van der Waals surface area contributed by atoms with Crippen LogP contribution in [0.1, 0.15) is 0 Å². The van der Waals surface area contributed by atoms with Gasteiger partial charge in [-0.25, -0.2) is 9.97 Å². The molecule has 4 rings (SSSR count). The molecular weight excluding hydrogens is 330 g/mol. The van der Waals surface area contributed by atoms with Crippen molar-refractivity contribution >= 4 is 22.6 Å². The van der Waals surface area contributed by atoms with Crippen molar-refractivity contribution in [1.82, 2.24) is 19.4 Å².